The second-order valence-electron chi connectivity index (χ2n) is 10.5. The molecule has 4 nitrogen and oxygen atoms in total. The largest absolute Gasteiger partial charge is 0.356 e. The van der Waals surface area contributed by atoms with Crippen molar-refractivity contribution in [3.05, 3.63) is 87.6 Å². The van der Waals surface area contributed by atoms with Crippen molar-refractivity contribution in [3.63, 3.8) is 0 Å². The number of carbonyl (C=O) groups excluding carboxylic acids is 1. The van der Waals surface area contributed by atoms with E-state index in [4.69, 9.17) is 0 Å². The minimum atomic E-state index is -0.0973. The molecule has 3 aromatic rings. The molecule has 2 aliphatic rings. The van der Waals surface area contributed by atoms with E-state index >= 15 is 0 Å². The van der Waals surface area contributed by atoms with Gasteiger partial charge >= 0.3 is 0 Å². The van der Waals surface area contributed by atoms with Crippen molar-refractivity contribution in [2.45, 2.75) is 71.8 Å². The average molecular weight is 500 g/mol. The molecule has 1 aromatic heterocycles. The SMILES string of the molecule is Cc1ccc(-n2c(C)cc(/C=C3\SC(Nc4ccccc4)N([C@H]4CCCC[C@H]4C)C3=O)c2C)cc1C. The van der Waals surface area contributed by atoms with Gasteiger partial charge in [0.1, 0.15) is 0 Å². The molecule has 2 aromatic carbocycles. The zero-order valence-corrected chi connectivity index (χ0v) is 22.9. The maximum absolute atomic E-state index is 13.9. The van der Waals surface area contributed by atoms with Gasteiger partial charge in [-0.25, -0.2) is 0 Å². The minimum absolute atomic E-state index is 0.0973. The lowest BCUT2D eigenvalue weighted by molar-refractivity contribution is -0.129. The fourth-order valence-electron chi connectivity index (χ4n) is 5.70. The molecule has 1 amide bonds. The Balaban J connectivity index is 1.49. The highest BCUT2D eigenvalue weighted by atomic mass is 32.2. The van der Waals surface area contributed by atoms with Crippen LogP contribution in [0.15, 0.2) is 59.5 Å². The predicted molar refractivity (Wildman–Crippen MR) is 152 cm³/mol. The van der Waals surface area contributed by atoms with Crippen molar-refractivity contribution in [2.75, 3.05) is 5.32 Å². The van der Waals surface area contributed by atoms with E-state index in [9.17, 15) is 4.79 Å². The van der Waals surface area contributed by atoms with E-state index in [2.05, 4.69) is 91.9 Å². The van der Waals surface area contributed by atoms with Crippen LogP contribution in [-0.4, -0.2) is 26.9 Å². The Labute approximate surface area is 219 Å². The second-order valence-corrected chi connectivity index (χ2v) is 11.6. The van der Waals surface area contributed by atoms with Gasteiger partial charge in [-0.15, -0.1) is 0 Å². The first-order valence-corrected chi connectivity index (χ1v) is 14.0. The summed E-state index contributed by atoms with van der Waals surface area (Å²) in [5.74, 6) is 0.667. The number of rotatable bonds is 5. The number of nitrogens with one attached hydrogen (secondary N) is 1. The summed E-state index contributed by atoms with van der Waals surface area (Å²) in [6.45, 7) is 10.9. The molecule has 1 aliphatic carbocycles. The summed E-state index contributed by atoms with van der Waals surface area (Å²) < 4.78 is 2.30. The Bertz CT molecular complexity index is 1290. The molecule has 0 bridgehead atoms. The Morgan fingerprint density at radius 3 is 2.42 bits per heavy atom. The number of aromatic nitrogens is 1. The summed E-state index contributed by atoms with van der Waals surface area (Å²) in [4.78, 5) is 16.9. The number of amides is 1. The first-order chi connectivity index (χ1) is 17.3. The number of hydrogen-bond donors (Lipinski definition) is 1. The van der Waals surface area contributed by atoms with Crippen molar-refractivity contribution in [2.24, 2.45) is 5.92 Å². The minimum Gasteiger partial charge on any atom is -0.356 e. The van der Waals surface area contributed by atoms with Crippen molar-refractivity contribution in [1.29, 1.82) is 0 Å². The molecular formula is C31H37N3OS. The van der Waals surface area contributed by atoms with Crippen LogP contribution in [0.4, 0.5) is 5.69 Å². The van der Waals surface area contributed by atoms with E-state index in [1.54, 1.807) is 11.8 Å². The van der Waals surface area contributed by atoms with E-state index in [1.807, 2.05) is 18.2 Å². The summed E-state index contributed by atoms with van der Waals surface area (Å²) in [5, 5.41) is 3.65. The quantitative estimate of drug-likeness (QED) is 0.367. The van der Waals surface area contributed by atoms with Crippen molar-refractivity contribution in [3.8, 4) is 5.69 Å². The van der Waals surface area contributed by atoms with Crippen molar-refractivity contribution in [1.82, 2.24) is 9.47 Å². The standard InChI is InChI=1S/C31H37N3OS/c1-20-15-16-27(17-22(20)3)33-23(4)18-25(24(33)5)19-29-30(35)34(28-14-10-9-11-21(28)2)31(36-29)32-26-12-7-6-8-13-26/h6-8,12-13,15-19,21,28,31-32H,9-11,14H2,1-5H3/b29-19-/t21-,28+,31?/m1/s1. The molecule has 36 heavy (non-hydrogen) atoms. The third-order valence-corrected chi connectivity index (χ3v) is 9.04. The van der Waals surface area contributed by atoms with Crippen molar-refractivity contribution < 1.29 is 4.79 Å². The van der Waals surface area contributed by atoms with Gasteiger partial charge < -0.3 is 14.8 Å². The fraction of sp³-hybridized carbons (Fsp3) is 0.387. The van der Waals surface area contributed by atoms with E-state index in [0.717, 1.165) is 28.3 Å². The summed E-state index contributed by atoms with van der Waals surface area (Å²) >= 11 is 1.65. The average Bonchev–Trinajstić information content (AvgIpc) is 3.31. The molecule has 2 fully saturated rings. The number of benzene rings is 2. The molecule has 2 heterocycles. The van der Waals surface area contributed by atoms with Crippen LogP contribution >= 0.6 is 11.8 Å². The predicted octanol–water partition coefficient (Wildman–Crippen LogP) is 7.60. The number of nitrogens with zero attached hydrogens (tertiary/aromatic N) is 2. The number of hydrogen-bond acceptors (Lipinski definition) is 3. The molecule has 5 heteroatoms. The lowest BCUT2D eigenvalue weighted by Crippen LogP contribution is -2.48. The Morgan fingerprint density at radius 1 is 0.944 bits per heavy atom. The maximum atomic E-state index is 13.9. The lowest BCUT2D eigenvalue weighted by atomic mass is 9.85. The normalized spacial score (nSPS) is 23.5. The molecule has 1 saturated carbocycles. The number of para-hydroxylation sites is 1. The van der Waals surface area contributed by atoms with Crippen LogP contribution < -0.4 is 5.32 Å². The van der Waals surface area contributed by atoms with Crippen LogP contribution in [-0.2, 0) is 4.79 Å². The van der Waals surface area contributed by atoms with Gasteiger partial charge in [-0.1, -0.05) is 55.8 Å². The fourth-order valence-corrected chi connectivity index (χ4v) is 6.91. The molecule has 1 saturated heterocycles. The number of aryl methyl sites for hydroxylation is 3. The number of thioether (sulfide) groups is 1. The molecule has 0 spiro atoms. The van der Waals surface area contributed by atoms with Gasteiger partial charge in [0, 0.05) is 28.8 Å². The van der Waals surface area contributed by atoms with Crippen LogP contribution in [0.1, 0.15) is 60.7 Å². The van der Waals surface area contributed by atoms with Crippen LogP contribution in [0.25, 0.3) is 11.8 Å². The van der Waals surface area contributed by atoms with E-state index in [1.165, 1.54) is 41.8 Å². The van der Waals surface area contributed by atoms with Crippen LogP contribution in [0.3, 0.4) is 0 Å². The van der Waals surface area contributed by atoms with Gasteiger partial charge in [-0.05, 0) is 99.6 Å². The molecule has 1 aliphatic heterocycles. The molecule has 188 valence electrons. The van der Waals surface area contributed by atoms with E-state index in [-0.39, 0.29) is 17.4 Å². The summed E-state index contributed by atoms with van der Waals surface area (Å²) in [6, 6.07) is 19.3. The highest BCUT2D eigenvalue weighted by Gasteiger charge is 2.43. The van der Waals surface area contributed by atoms with E-state index < -0.39 is 0 Å². The highest BCUT2D eigenvalue weighted by Crippen LogP contribution is 2.42. The molecule has 1 N–H and O–H groups in total. The van der Waals surface area contributed by atoms with Crippen LogP contribution in [0.2, 0.25) is 0 Å². The monoisotopic (exact) mass is 499 g/mol. The zero-order valence-electron chi connectivity index (χ0n) is 22.0. The van der Waals surface area contributed by atoms with Gasteiger partial charge in [-0.3, -0.25) is 4.79 Å². The third kappa shape index (κ3) is 4.73. The number of anilines is 1. The highest BCUT2D eigenvalue weighted by molar-refractivity contribution is 8.05. The van der Waals surface area contributed by atoms with Gasteiger partial charge in [0.15, 0.2) is 5.50 Å². The Hall–Kier alpha value is -2.92. The second kappa shape index (κ2) is 10.2. The van der Waals surface area contributed by atoms with Crippen molar-refractivity contribution >= 4 is 29.4 Å². The van der Waals surface area contributed by atoms with Crippen LogP contribution in [0.5, 0.6) is 0 Å². The Morgan fingerprint density at radius 2 is 1.69 bits per heavy atom. The maximum Gasteiger partial charge on any atom is 0.262 e. The molecule has 5 rings (SSSR count). The summed E-state index contributed by atoms with van der Waals surface area (Å²) in [6.07, 6.45) is 6.83. The third-order valence-electron chi connectivity index (χ3n) is 7.93. The topological polar surface area (TPSA) is 37.3 Å². The van der Waals surface area contributed by atoms with E-state index in [0.29, 0.717) is 5.92 Å². The molecule has 1 unspecified atom stereocenters. The van der Waals surface area contributed by atoms with Crippen LogP contribution in [0, 0.1) is 33.6 Å². The van der Waals surface area contributed by atoms with Gasteiger partial charge in [0.2, 0.25) is 0 Å². The Kier molecular flexibility index (Phi) is 7.03. The summed E-state index contributed by atoms with van der Waals surface area (Å²) in [5.41, 5.74) is 8.15. The van der Waals surface area contributed by atoms with Gasteiger partial charge in [0.05, 0.1) is 4.91 Å². The smallest absolute Gasteiger partial charge is 0.262 e. The number of carbonyl (C=O) groups is 1. The first-order valence-electron chi connectivity index (χ1n) is 13.1. The van der Waals surface area contributed by atoms with Gasteiger partial charge in [0.25, 0.3) is 5.91 Å². The zero-order chi connectivity index (χ0) is 25.4. The summed E-state index contributed by atoms with van der Waals surface area (Å²) in [7, 11) is 0. The molecule has 0 radical (unpaired) electrons. The van der Waals surface area contributed by atoms with Gasteiger partial charge in [-0.2, -0.15) is 0 Å². The lowest BCUT2D eigenvalue weighted by Gasteiger charge is -2.39. The molecular weight excluding hydrogens is 462 g/mol. The molecule has 3 atom stereocenters. The first kappa shape index (κ1) is 24.8.